The number of pyridine rings is 1. The molecule has 0 atom stereocenters. The maximum atomic E-state index is 12.0. The van der Waals surface area contributed by atoms with E-state index in [1.165, 1.54) is 6.08 Å². The highest BCUT2D eigenvalue weighted by Crippen LogP contribution is 2.21. The van der Waals surface area contributed by atoms with Gasteiger partial charge in [-0.3, -0.25) is 9.48 Å². The van der Waals surface area contributed by atoms with Crippen LogP contribution in [-0.4, -0.2) is 20.7 Å². The second kappa shape index (κ2) is 7.92. The number of carbonyl (C=O) groups excluding carboxylic acids is 1. The van der Waals surface area contributed by atoms with Gasteiger partial charge in [-0.25, -0.2) is 4.98 Å². The number of nitrogens with zero attached hydrogens (tertiary/aromatic N) is 3. The van der Waals surface area contributed by atoms with Crippen molar-refractivity contribution >= 4 is 29.4 Å². The molecule has 2 aromatic heterocycles. The third-order valence-electron chi connectivity index (χ3n) is 3.40. The third kappa shape index (κ3) is 4.66. The zero-order chi connectivity index (χ0) is 16.8. The van der Waals surface area contributed by atoms with Crippen molar-refractivity contribution in [3.63, 3.8) is 0 Å². The Labute approximate surface area is 141 Å². The van der Waals surface area contributed by atoms with Crippen molar-refractivity contribution in [1.82, 2.24) is 14.8 Å². The molecule has 0 bridgehead atoms. The molecule has 1 amide bonds. The Bertz CT molecular complexity index is 704. The quantitative estimate of drug-likeness (QED) is 0.813. The lowest BCUT2D eigenvalue weighted by molar-refractivity contribution is -0.111. The van der Waals surface area contributed by atoms with E-state index in [0.717, 1.165) is 36.2 Å². The zero-order valence-electron chi connectivity index (χ0n) is 13.6. The van der Waals surface area contributed by atoms with E-state index in [1.807, 2.05) is 19.9 Å². The number of anilines is 1. The van der Waals surface area contributed by atoms with Crippen LogP contribution in [0.25, 0.3) is 6.08 Å². The summed E-state index contributed by atoms with van der Waals surface area (Å²) < 4.78 is 1.78. The summed E-state index contributed by atoms with van der Waals surface area (Å²) in [6.07, 6.45) is 6.94. The summed E-state index contributed by atoms with van der Waals surface area (Å²) in [7, 11) is 0. The van der Waals surface area contributed by atoms with Gasteiger partial charge in [0.25, 0.3) is 0 Å². The van der Waals surface area contributed by atoms with Gasteiger partial charge in [-0.15, -0.1) is 0 Å². The predicted octanol–water partition coefficient (Wildman–Crippen LogP) is 4.00. The average molecular weight is 333 g/mol. The normalized spacial score (nSPS) is 11.1. The molecule has 2 heterocycles. The predicted molar refractivity (Wildman–Crippen MR) is 93.5 cm³/mol. The molecule has 0 aliphatic carbocycles. The highest BCUT2D eigenvalue weighted by atomic mass is 35.5. The van der Waals surface area contributed by atoms with Crippen molar-refractivity contribution < 1.29 is 4.79 Å². The highest BCUT2D eigenvalue weighted by Gasteiger charge is 2.11. The van der Waals surface area contributed by atoms with Gasteiger partial charge in [0.2, 0.25) is 5.91 Å². The molecule has 0 aromatic carbocycles. The van der Waals surface area contributed by atoms with Crippen molar-refractivity contribution in [1.29, 1.82) is 0 Å². The number of hydrogen-bond acceptors (Lipinski definition) is 3. The molecule has 23 heavy (non-hydrogen) atoms. The van der Waals surface area contributed by atoms with Gasteiger partial charge in [-0.2, -0.15) is 5.10 Å². The molecule has 0 radical (unpaired) electrons. The van der Waals surface area contributed by atoms with E-state index >= 15 is 0 Å². The van der Waals surface area contributed by atoms with Gasteiger partial charge in [-0.05, 0) is 38.0 Å². The van der Waals surface area contributed by atoms with Crippen LogP contribution in [0.15, 0.2) is 24.4 Å². The van der Waals surface area contributed by atoms with E-state index in [1.54, 1.807) is 23.0 Å². The number of unbranched alkanes of at least 4 members (excludes halogenated alkanes) is 1. The van der Waals surface area contributed by atoms with Crippen LogP contribution in [0.5, 0.6) is 0 Å². The summed E-state index contributed by atoms with van der Waals surface area (Å²) in [6.45, 7) is 6.73. The Morgan fingerprint density at radius 3 is 2.83 bits per heavy atom. The Morgan fingerprint density at radius 1 is 1.39 bits per heavy atom. The Kier molecular flexibility index (Phi) is 5.93. The van der Waals surface area contributed by atoms with Gasteiger partial charge in [0, 0.05) is 24.4 Å². The fourth-order valence-corrected chi connectivity index (χ4v) is 2.40. The Morgan fingerprint density at radius 2 is 2.17 bits per heavy atom. The summed E-state index contributed by atoms with van der Waals surface area (Å²) in [5, 5.41) is 7.68. The Hall–Kier alpha value is -2.14. The van der Waals surface area contributed by atoms with Gasteiger partial charge in [-0.1, -0.05) is 31.0 Å². The summed E-state index contributed by atoms with van der Waals surface area (Å²) in [4.78, 5) is 16.1. The van der Waals surface area contributed by atoms with Crippen LogP contribution in [-0.2, 0) is 11.3 Å². The maximum absolute atomic E-state index is 12.0. The Balaban J connectivity index is 2.05. The van der Waals surface area contributed by atoms with Gasteiger partial charge >= 0.3 is 0 Å². The molecular formula is C17H21ClN4O. The van der Waals surface area contributed by atoms with Crippen LogP contribution in [0.1, 0.15) is 36.6 Å². The number of halogens is 1. The molecule has 0 aliphatic heterocycles. The zero-order valence-corrected chi connectivity index (χ0v) is 14.4. The molecule has 2 aromatic rings. The number of amides is 1. The van der Waals surface area contributed by atoms with Crippen molar-refractivity contribution in [3.8, 4) is 0 Å². The van der Waals surface area contributed by atoms with Crippen LogP contribution in [0, 0.1) is 13.8 Å². The third-order valence-corrected chi connectivity index (χ3v) is 3.80. The van der Waals surface area contributed by atoms with Crippen molar-refractivity contribution in [2.24, 2.45) is 0 Å². The molecule has 6 heteroatoms. The lowest BCUT2D eigenvalue weighted by atomic mass is 10.2. The van der Waals surface area contributed by atoms with Gasteiger partial charge < -0.3 is 5.32 Å². The molecule has 0 spiro atoms. The van der Waals surface area contributed by atoms with E-state index in [0.29, 0.717) is 11.0 Å². The lowest BCUT2D eigenvalue weighted by Gasteiger charge is -2.01. The molecule has 2 rings (SSSR count). The summed E-state index contributed by atoms with van der Waals surface area (Å²) in [6, 6.07) is 3.66. The number of rotatable bonds is 6. The van der Waals surface area contributed by atoms with Gasteiger partial charge in [0.15, 0.2) is 0 Å². The van der Waals surface area contributed by atoms with Crippen LogP contribution in [0.4, 0.5) is 5.82 Å². The first-order valence-electron chi connectivity index (χ1n) is 7.66. The van der Waals surface area contributed by atoms with E-state index in [9.17, 15) is 4.79 Å². The minimum Gasteiger partial charge on any atom is -0.307 e. The number of nitrogens with one attached hydrogen (secondary N) is 1. The van der Waals surface area contributed by atoms with Crippen molar-refractivity contribution in [2.75, 3.05) is 5.32 Å². The number of aromatic nitrogens is 3. The van der Waals surface area contributed by atoms with Crippen LogP contribution < -0.4 is 5.32 Å². The van der Waals surface area contributed by atoms with E-state index in [2.05, 4.69) is 22.3 Å². The minimum atomic E-state index is -0.252. The average Bonchev–Trinajstić information content (AvgIpc) is 2.79. The molecule has 122 valence electrons. The van der Waals surface area contributed by atoms with Crippen LogP contribution in [0.2, 0.25) is 5.15 Å². The van der Waals surface area contributed by atoms with Crippen molar-refractivity contribution in [3.05, 3.63) is 46.4 Å². The molecule has 0 saturated heterocycles. The second-order valence-corrected chi connectivity index (χ2v) is 5.77. The standard InChI is InChI=1S/C17H21ClN4O/c1-4-5-10-22-17(18)14(13(3)21-22)7-9-16(23)20-15-8-6-12(2)11-19-15/h6-9,11H,4-5,10H2,1-3H3,(H,19,20,23)/b9-7+. The minimum absolute atomic E-state index is 0.252. The topological polar surface area (TPSA) is 59.8 Å². The number of carbonyl (C=O) groups is 1. The monoisotopic (exact) mass is 332 g/mol. The van der Waals surface area contributed by atoms with E-state index < -0.39 is 0 Å². The number of hydrogen-bond donors (Lipinski definition) is 1. The largest absolute Gasteiger partial charge is 0.307 e. The fourth-order valence-electron chi connectivity index (χ4n) is 2.08. The lowest BCUT2D eigenvalue weighted by Crippen LogP contribution is -2.09. The SMILES string of the molecule is CCCCn1nc(C)c(/C=C/C(=O)Nc2ccc(C)cn2)c1Cl. The first-order valence-corrected chi connectivity index (χ1v) is 8.03. The van der Waals surface area contributed by atoms with E-state index in [4.69, 9.17) is 11.6 Å². The number of aryl methyl sites for hydroxylation is 3. The molecule has 0 fully saturated rings. The van der Waals surface area contributed by atoms with Crippen LogP contribution in [0.3, 0.4) is 0 Å². The van der Waals surface area contributed by atoms with E-state index in [-0.39, 0.29) is 5.91 Å². The fraction of sp³-hybridized carbons (Fsp3) is 0.353. The first-order chi connectivity index (χ1) is 11.0. The smallest absolute Gasteiger partial charge is 0.249 e. The first kappa shape index (κ1) is 17.2. The molecule has 0 saturated carbocycles. The van der Waals surface area contributed by atoms with Crippen molar-refractivity contribution in [2.45, 2.75) is 40.2 Å². The molecule has 5 nitrogen and oxygen atoms in total. The molecule has 1 N–H and O–H groups in total. The summed E-state index contributed by atoms with van der Waals surface area (Å²) in [5.74, 6) is 0.268. The molecule has 0 aliphatic rings. The summed E-state index contributed by atoms with van der Waals surface area (Å²) >= 11 is 6.33. The van der Waals surface area contributed by atoms with Gasteiger partial charge in [0.05, 0.1) is 5.69 Å². The van der Waals surface area contributed by atoms with Crippen LogP contribution >= 0.6 is 11.6 Å². The summed E-state index contributed by atoms with van der Waals surface area (Å²) in [5.41, 5.74) is 2.62. The second-order valence-electron chi connectivity index (χ2n) is 5.41. The molecule has 0 unspecified atom stereocenters. The highest BCUT2D eigenvalue weighted by molar-refractivity contribution is 6.31. The molecular weight excluding hydrogens is 312 g/mol. The van der Waals surface area contributed by atoms with Gasteiger partial charge in [0.1, 0.15) is 11.0 Å². The maximum Gasteiger partial charge on any atom is 0.249 e.